The van der Waals surface area contributed by atoms with Gasteiger partial charge >= 0.3 is 0 Å². The summed E-state index contributed by atoms with van der Waals surface area (Å²) in [4.78, 5) is 16.2. The molecule has 18 heavy (non-hydrogen) atoms. The second kappa shape index (κ2) is 6.91. The Morgan fingerprint density at radius 3 is 2.06 bits per heavy atom. The van der Waals surface area contributed by atoms with Crippen LogP contribution in [-0.4, -0.2) is 23.8 Å². The van der Waals surface area contributed by atoms with Crippen LogP contribution in [0.4, 0.5) is 0 Å². The van der Waals surface area contributed by atoms with Gasteiger partial charge < -0.3 is 4.74 Å². The lowest BCUT2D eigenvalue weighted by molar-refractivity contribution is -0.113. The summed E-state index contributed by atoms with van der Waals surface area (Å²) in [5.41, 5.74) is 0. The fourth-order valence-corrected chi connectivity index (χ4v) is 2.92. The summed E-state index contributed by atoms with van der Waals surface area (Å²) in [5, 5.41) is 0. The molecule has 3 heteroatoms. The van der Waals surface area contributed by atoms with E-state index in [1.165, 1.54) is 38.5 Å². The molecule has 2 aliphatic carbocycles. The predicted molar refractivity (Wildman–Crippen MR) is 72.9 cm³/mol. The van der Waals surface area contributed by atoms with Crippen LogP contribution in [0.1, 0.15) is 71.1 Å². The van der Waals surface area contributed by atoms with E-state index in [-0.39, 0.29) is 11.9 Å². The average molecular weight is 251 g/mol. The van der Waals surface area contributed by atoms with E-state index in [9.17, 15) is 4.79 Å². The Hall–Kier alpha value is -0.860. The van der Waals surface area contributed by atoms with Crippen LogP contribution < -0.4 is 0 Å². The van der Waals surface area contributed by atoms with Gasteiger partial charge in [0, 0.05) is 6.92 Å². The van der Waals surface area contributed by atoms with Crippen molar-refractivity contribution in [3.63, 3.8) is 0 Å². The molecule has 0 aromatic rings. The summed E-state index contributed by atoms with van der Waals surface area (Å²) < 4.78 is 5.86. The molecule has 0 amide bonds. The molecule has 0 N–H and O–H groups in total. The molecule has 0 aromatic heterocycles. The van der Waals surface area contributed by atoms with Gasteiger partial charge in [0.1, 0.15) is 6.10 Å². The number of ketones is 1. The summed E-state index contributed by atoms with van der Waals surface area (Å²) in [7, 11) is 0. The zero-order chi connectivity index (χ0) is 12.8. The molecule has 0 aromatic carbocycles. The Labute approximate surface area is 110 Å². The van der Waals surface area contributed by atoms with Crippen LogP contribution >= 0.6 is 0 Å². The Morgan fingerprint density at radius 2 is 1.50 bits per heavy atom. The van der Waals surface area contributed by atoms with Crippen LogP contribution in [0.3, 0.4) is 0 Å². The second-order valence-corrected chi connectivity index (χ2v) is 5.66. The summed E-state index contributed by atoms with van der Waals surface area (Å²) in [6.45, 7) is 1.57. The lowest BCUT2D eigenvalue weighted by atomic mass is 9.96. The molecule has 0 atom stereocenters. The number of carbonyl (C=O) groups excluding carboxylic acids is 1. The first-order chi connectivity index (χ1) is 8.75. The number of ether oxygens (including phenoxy) is 1. The van der Waals surface area contributed by atoms with Crippen molar-refractivity contribution in [3.05, 3.63) is 0 Å². The zero-order valence-electron chi connectivity index (χ0n) is 11.5. The molecule has 2 aliphatic rings. The van der Waals surface area contributed by atoms with Gasteiger partial charge in [0.05, 0.1) is 6.04 Å². The number of hydrogen-bond acceptors (Lipinski definition) is 3. The first-order valence-corrected chi connectivity index (χ1v) is 7.51. The van der Waals surface area contributed by atoms with Crippen LogP contribution in [0.2, 0.25) is 0 Å². The van der Waals surface area contributed by atoms with Crippen LogP contribution in [0, 0.1) is 0 Å². The number of hydrogen-bond donors (Lipinski definition) is 0. The fourth-order valence-electron chi connectivity index (χ4n) is 2.92. The Balaban J connectivity index is 1.93. The maximum Gasteiger partial charge on any atom is 0.253 e. The van der Waals surface area contributed by atoms with Crippen molar-refractivity contribution in [3.8, 4) is 0 Å². The van der Waals surface area contributed by atoms with E-state index in [1.807, 2.05) is 0 Å². The number of nitrogens with zero attached hydrogens (tertiary/aromatic N) is 1. The lowest BCUT2D eigenvalue weighted by Gasteiger charge is -2.24. The van der Waals surface area contributed by atoms with Crippen LogP contribution in [-0.2, 0) is 9.53 Å². The molecule has 0 saturated heterocycles. The first kappa shape index (κ1) is 13.6. The third-order valence-electron chi connectivity index (χ3n) is 4.01. The zero-order valence-corrected chi connectivity index (χ0v) is 11.5. The van der Waals surface area contributed by atoms with Crippen LogP contribution in [0.5, 0.6) is 0 Å². The molecule has 0 spiro atoms. The highest BCUT2D eigenvalue weighted by Gasteiger charge is 2.21. The Bertz CT molecular complexity index is 300. The highest BCUT2D eigenvalue weighted by molar-refractivity contribution is 6.35. The van der Waals surface area contributed by atoms with E-state index in [0.29, 0.717) is 11.9 Å². The van der Waals surface area contributed by atoms with E-state index < -0.39 is 0 Å². The van der Waals surface area contributed by atoms with Gasteiger partial charge in [-0.3, -0.25) is 4.79 Å². The standard InChI is InChI=1S/C15H25NO2/c1-12(17)15(16-13-8-4-2-5-9-13)18-14-10-6-3-7-11-14/h13-14H,2-11H2,1H3. The number of carbonyl (C=O) groups is 1. The smallest absolute Gasteiger partial charge is 0.253 e. The summed E-state index contributed by atoms with van der Waals surface area (Å²) in [5.74, 6) is 0.389. The maximum atomic E-state index is 11.6. The minimum atomic E-state index is -0.00820. The van der Waals surface area contributed by atoms with Gasteiger partial charge in [0.15, 0.2) is 0 Å². The topological polar surface area (TPSA) is 38.7 Å². The van der Waals surface area contributed by atoms with E-state index in [1.54, 1.807) is 6.92 Å². The van der Waals surface area contributed by atoms with Gasteiger partial charge in [-0.1, -0.05) is 25.7 Å². The second-order valence-electron chi connectivity index (χ2n) is 5.66. The minimum Gasteiger partial charge on any atom is -0.472 e. The van der Waals surface area contributed by atoms with Gasteiger partial charge in [-0.15, -0.1) is 0 Å². The molecule has 3 nitrogen and oxygen atoms in total. The highest BCUT2D eigenvalue weighted by atomic mass is 16.5. The SMILES string of the molecule is CC(=O)C(=NC1CCCCC1)OC1CCCCC1. The van der Waals surface area contributed by atoms with E-state index >= 15 is 0 Å². The molecule has 0 radical (unpaired) electrons. The van der Waals surface area contributed by atoms with Gasteiger partial charge in [0.25, 0.3) is 5.90 Å². The minimum absolute atomic E-state index is 0.00820. The normalized spacial score (nSPS) is 23.9. The van der Waals surface area contributed by atoms with Crippen molar-refractivity contribution in [1.29, 1.82) is 0 Å². The molecule has 2 fully saturated rings. The molecule has 0 heterocycles. The van der Waals surface area contributed by atoms with Gasteiger partial charge in [-0.05, 0) is 38.5 Å². The molecule has 0 bridgehead atoms. The molecule has 2 rings (SSSR count). The van der Waals surface area contributed by atoms with Crippen molar-refractivity contribution in [1.82, 2.24) is 0 Å². The predicted octanol–water partition coefficient (Wildman–Crippen LogP) is 3.66. The summed E-state index contributed by atoms with van der Waals surface area (Å²) in [6.07, 6.45) is 12.2. The van der Waals surface area contributed by atoms with E-state index in [0.717, 1.165) is 25.7 Å². The highest BCUT2D eigenvalue weighted by Crippen LogP contribution is 2.23. The third-order valence-corrected chi connectivity index (χ3v) is 4.01. The van der Waals surface area contributed by atoms with Crippen molar-refractivity contribution < 1.29 is 9.53 Å². The third kappa shape index (κ3) is 4.11. The van der Waals surface area contributed by atoms with Crippen molar-refractivity contribution in [2.45, 2.75) is 83.3 Å². The summed E-state index contributed by atoms with van der Waals surface area (Å²) >= 11 is 0. The maximum absolute atomic E-state index is 11.6. The van der Waals surface area contributed by atoms with Gasteiger partial charge in [-0.2, -0.15) is 0 Å². The lowest BCUT2D eigenvalue weighted by Crippen LogP contribution is -2.27. The molecular formula is C15H25NO2. The molecule has 0 unspecified atom stereocenters. The largest absolute Gasteiger partial charge is 0.472 e. The average Bonchev–Trinajstić information content (AvgIpc) is 2.40. The molecule has 102 valence electrons. The first-order valence-electron chi connectivity index (χ1n) is 7.51. The van der Waals surface area contributed by atoms with E-state index in [2.05, 4.69) is 4.99 Å². The van der Waals surface area contributed by atoms with Crippen LogP contribution in [0.25, 0.3) is 0 Å². The Kier molecular flexibility index (Phi) is 5.21. The van der Waals surface area contributed by atoms with Crippen molar-refractivity contribution >= 4 is 11.7 Å². The van der Waals surface area contributed by atoms with Gasteiger partial charge in [-0.25, -0.2) is 4.99 Å². The number of Topliss-reactive ketones (excluding diaryl/α,β-unsaturated/α-hetero) is 1. The van der Waals surface area contributed by atoms with E-state index in [4.69, 9.17) is 4.74 Å². The Morgan fingerprint density at radius 1 is 0.944 bits per heavy atom. The van der Waals surface area contributed by atoms with Crippen LogP contribution in [0.15, 0.2) is 4.99 Å². The van der Waals surface area contributed by atoms with Crippen molar-refractivity contribution in [2.75, 3.05) is 0 Å². The monoisotopic (exact) mass is 251 g/mol. The van der Waals surface area contributed by atoms with Crippen molar-refractivity contribution in [2.24, 2.45) is 4.99 Å². The summed E-state index contributed by atoms with van der Waals surface area (Å²) in [6, 6.07) is 0.321. The quantitative estimate of drug-likeness (QED) is 0.567. The fraction of sp³-hybridized carbons (Fsp3) is 0.867. The van der Waals surface area contributed by atoms with Gasteiger partial charge in [0.2, 0.25) is 5.78 Å². The molecule has 0 aliphatic heterocycles. The molecule has 2 saturated carbocycles. The number of rotatable bonds is 3. The molecular weight excluding hydrogens is 226 g/mol. The number of aliphatic imine (C=N–C) groups is 1.